The third kappa shape index (κ3) is 3.40. The number of hydrogen-bond acceptors (Lipinski definition) is 2. The van der Waals surface area contributed by atoms with E-state index in [2.05, 4.69) is 39.1 Å². The molecule has 1 aliphatic heterocycles. The van der Waals surface area contributed by atoms with Gasteiger partial charge in [0.25, 0.3) is 0 Å². The van der Waals surface area contributed by atoms with E-state index >= 15 is 0 Å². The van der Waals surface area contributed by atoms with E-state index in [-0.39, 0.29) is 0 Å². The van der Waals surface area contributed by atoms with Crippen LogP contribution in [0.2, 0.25) is 5.02 Å². The molecule has 2 aliphatic rings. The summed E-state index contributed by atoms with van der Waals surface area (Å²) < 4.78 is 1.03. The number of rotatable bonds is 2. The Bertz CT molecular complexity index is 488. The van der Waals surface area contributed by atoms with Crippen LogP contribution < -0.4 is 10.2 Å². The van der Waals surface area contributed by atoms with Gasteiger partial charge in [0, 0.05) is 25.2 Å². The molecule has 0 spiro atoms. The first-order chi connectivity index (χ1) is 10.2. The molecule has 2 nitrogen and oxygen atoms in total. The SMILES string of the molecule is CC1CNC(C2CCCCC2)CN1c1cccc(Cl)c1Br. The van der Waals surface area contributed by atoms with E-state index in [0.717, 1.165) is 28.5 Å². The van der Waals surface area contributed by atoms with Crippen LogP contribution in [-0.2, 0) is 0 Å². The molecule has 0 aromatic heterocycles. The van der Waals surface area contributed by atoms with Crippen LogP contribution in [0.3, 0.4) is 0 Å². The maximum absolute atomic E-state index is 6.28. The molecular formula is C17H24BrClN2. The van der Waals surface area contributed by atoms with Crippen LogP contribution in [0.5, 0.6) is 0 Å². The molecule has 2 unspecified atom stereocenters. The zero-order chi connectivity index (χ0) is 14.8. The van der Waals surface area contributed by atoms with Crippen molar-refractivity contribution in [3.8, 4) is 0 Å². The predicted molar refractivity (Wildman–Crippen MR) is 94.3 cm³/mol. The van der Waals surface area contributed by atoms with E-state index in [4.69, 9.17) is 11.6 Å². The van der Waals surface area contributed by atoms with Crippen LogP contribution >= 0.6 is 27.5 Å². The highest BCUT2D eigenvalue weighted by Gasteiger charge is 2.32. The van der Waals surface area contributed by atoms with Crippen LogP contribution in [0.4, 0.5) is 5.69 Å². The number of nitrogens with zero attached hydrogens (tertiary/aromatic N) is 1. The zero-order valence-electron chi connectivity index (χ0n) is 12.6. The van der Waals surface area contributed by atoms with Gasteiger partial charge in [0.05, 0.1) is 15.2 Å². The predicted octanol–water partition coefficient (Wildman–Crippen LogP) is 4.85. The second-order valence-corrected chi connectivity index (χ2v) is 7.69. The number of benzene rings is 1. The highest BCUT2D eigenvalue weighted by molar-refractivity contribution is 9.10. The molecule has 3 rings (SSSR count). The van der Waals surface area contributed by atoms with Gasteiger partial charge in [-0.3, -0.25) is 0 Å². The summed E-state index contributed by atoms with van der Waals surface area (Å²) in [7, 11) is 0. The normalized spacial score (nSPS) is 27.9. The Hall–Kier alpha value is -0.250. The maximum atomic E-state index is 6.28. The lowest BCUT2D eigenvalue weighted by atomic mass is 9.82. The molecule has 116 valence electrons. The molecule has 1 saturated heterocycles. The summed E-state index contributed by atoms with van der Waals surface area (Å²) in [6, 6.07) is 7.29. The highest BCUT2D eigenvalue weighted by atomic mass is 79.9. The van der Waals surface area contributed by atoms with E-state index in [9.17, 15) is 0 Å². The van der Waals surface area contributed by atoms with Gasteiger partial charge >= 0.3 is 0 Å². The molecule has 1 aromatic carbocycles. The van der Waals surface area contributed by atoms with Crippen molar-refractivity contribution in [2.24, 2.45) is 5.92 Å². The van der Waals surface area contributed by atoms with Gasteiger partial charge < -0.3 is 10.2 Å². The number of nitrogens with one attached hydrogen (secondary N) is 1. The Kier molecular flexibility index (Phi) is 5.13. The summed E-state index contributed by atoms with van der Waals surface area (Å²) in [6.45, 7) is 4.43. The van der Waals surface area contributed by atoms with E-state index < -0.39 is 0 Å². The van der Waals surface area contributed by atoms with Gasteiger partial charge in [0.2, 0.25) is 0 Å². The second kappa shape index (κ2) is 6.89. The summed E-state index contributed by atoms with van der Waals surface area (Å²) >= 11 is 9.94. The molecule has 0 amide bonds. The maximum Gasteiger partial charge on any atom is 0.0595 e. The van der Waals surface area contributed by atoms with Crippen molar-refractivity contribution in [3.05, 3.63) is 27.7 Å². The smallest absolute Gasteiger partial charge is 0.0595 e. The van der Waals surface area contributed by atoms with Crippen molar-refractivity contribution < 1.29 is 0 Å². The summed E-state index contributed by atoms with van der Waals surface area (Å²) in [5.74, 6) is 0.840. The number of hydrogen-bond donors (Lipinski definition) is 1. The molecule has 4 heteroatoms. The van der Waals surface area contributed by atoms with Gasteiger partial charge in [0.1, 0.15) is 0 Å². The molecule has 21 heavy (non-hydrogen) atoms. The first-order valence-corrected chi connectivity index (χ1v) is 9.28. The number of halogens is 2. The quantitative estimate of drug-likeness (QED) is 0.799. The Morgan fingerprint density at radius 2 is 2.00 bits per heavy atom. The first-order valence-electron chi connectivity index (χ1n) is 8.11. The van der Waals surface area contributed by atoms with Crippen molar-refractivity contribution in [1.82, 2.24) is 5.32 Å². The molecule has 2 atom stereocenters. The molecule has 1 aromatic rings. The van der Waals surface area contributed by atoms with Crippen molar-refractivity contribution in [2.75, 3.05) is 18.0 Å². The molecule has 1 saturated carbocycles. The molecule has 0 bridgehead atoms. The van der Waals surface area contributed by atoms with Gasteiger partial charge in [-0.2, -0.15) is 0 Å². The molecule has 2 fully saturated rings. The van der Waals surface area contributed by atoms with Crippen molar-refractivity contribution in [2.45, 2.75) is 51.1 Å². The fraction of sp³-hybridized carbons (Fsp3) is 0.647. The lowest BCUT2D eigenvalue weighted by Gasteiger charge is -2.44. The zero-order valence-corrected chi connectivity index (χ0v) is 15.0. The molecule has 1 heterocycles. The van der Waals surface area contributed by atoms with E-state index in [1.165, 1.54) is 37.8 Å². The average molecular weight is 372 g/mol. The van der Waals surface area contributed by atoms with Gasteiger partial charge in [-0.1, -0.05) is 36.9 Å². The molecule has 0 radical (unpaired) electrons. The van der Waals surface area contributed by atoms with Crippen molar-refractivity contribution >= 4 is 33.2 Å². The van der Waals surface area contributed by atoms with Crippen molar-refractivity contribution in [3.63, 3.8) is 0 Å². The lowest BCUT2D eigenvalue weighted by molar-refractivity contribution is 0.245. The number of piperazine rings is 1. The average Bonchev–Trinajstić information content (AvgIpc) is 2.52. The Morgan fingerprint density at radius 3 is 2.76 bits per heavy atom. The van der Waals surface area contributed by atoms with Crippen LogP contribution in [0.15, 0.2) is 22.7 Å². The highest BCUT2D eigenvalue weighted by Crippen LogP contribution is 2.36. The van der Waals surface area contributed by atoms with Crippen LogP contribution in [0.25, 0.3) is 0 Å². The summed E-state index contributed by atoms with van der Waals surface area (Å²) in [6.07, 6.45) is 6.99. The second-order valence-electron chi connectivity index (χ2n) is 6.49. The summed E-state index contributed by atoms with van der Waals surface area (Å²) in [5, 5.41) is 4.58. The Morgan fingerprint density at radius 1 is 1.24 bits per heavy atom. The lowest BCUT2D eigenvalue weighted by Crippen LogP contribution is -2.58. The van der Waals surface area contributed by atoms with Gasteiger partial charge in [-0.25, -0.2) is 0 Å². The van der Waals surface area contributed by atoms with E-state index in [0.29, 0.717) is 12.1 Å². The fourth-order valence-corrected chi connectivity index (χ4v) is 4.45. The topological polar surface area (TPSA) is 15.3 Å². The first kappa shape index (κ1) is 15.6. The Balaban J connectivity index is 1.78. The van der Waals surface area contributed by atoms with Crippen LogP contribution in [0, 0.1) is 5.92 Å². The minimum absolute atomic E-state index is 0.500. The van der Waals surface area contributed by atoms with E-state index in [1.807, 2.05) is 12.1 Å². The summed E-state index contributed by atoms with van der Waals surface area (Å²) in [4.78, 5) is 2.52. The minimum Gasteiger partial charge on any atom is -0.365 e. The molecule has 1 aliphatic carbocycles. The third-order valence-corrected chi connectivity index (χ3v) is 6.44. The van der Waals surface area contributed by atoms with Crippen LogP contribution in [-0.4, -0.2) is 25.2 Å². The van der Waals surface area contributed by atoms with Crippen molar-refractivity contribution in [1.29, 1.82) is 0 Å². The Labute approximate surface area is 141 Å². The third-order valence-electron chi connectivity index (χ3n) is 5.06. The minimum atomic E-state index is 0.500. The summed E-state index contributed by atoms with van der Waals surface area (Å²) in [5.41, 5.74) is 1.23. The van der Waals surface area contributed by atoms with E-state index in [1.54, 1.807) is 0 Å². The van der Waals surface area contributed by atoms with Gasteiger partial charge in [0.15, 0.2) is 0 Å². The molecule has 1 N–H and O–H groups in total. The van der Waals surface area contributed by atoms with Crippen LogP contribution in [0.1, 0.15) is 39.0 Å². The monoisotopic (exact) mass is 370 g/mol. The van der Waals surface area contributed by atoms with Gasteiger partial charge in [-0.05, 0) is 53.7 Å². The molecular weight excluding hydrogens is 348 g/mol. The van der Waals surface area contributed by atoms with Gasteiger partial charge in [-0.15, -0.1) is 0 Å². The standard InChI is InChI=1S/C17H24BrClN2/c1-12-10-20-15(13-6-3-2-4-7-13)11-21(12)16-9-5-8-14(19)17(16)18/h5,8-9,12-13,15,20H,2-4,6-7,10-11H2,1H3. The fourth-order valence-electron chi connectivity index (χ4n) is 3.79. The largest absolute Gasteiger partial charge is 0.365 e. The number of anilines is 1.